The van der Waals surface area contributed by atoms with Crippen molar-refractivity contribution in [2.24, 2.45) is 4.99 Å². The standard InChI is InChI=1S/C29H29ClN4O4/c1-4-6-7-16-33-26-22(28(36)34-17-8-9-19(3)25(34)32-26)18-23(29(37)38-5-2)27(33)31-24(35)15-12-20-10-13-21(30)14-11-20/h8-15,17-18H,4-7,16H2,1-3H3. The fraction of sp³-hybridized carbons (Fsp3) is 0.276. The van der Waals surface area contributed by atoms with Crippen molar-refractivity contribution >= 4 is 46.2 Å². The molecule has 0 bridgehead atoms. The van der Waals surface area contributed by atoms with Crippen molar-refractivity contribution in [3.05, 3.63) is 92.3 Å². The third-order valence-corrected chi connectivity index (χ3v) is 6.34. The van der Waals surface area contributed by atoms with Gasteiger partial charge in [-0.25, -0.2) is 9.78 Å². The van der Waals surface area contributed by atoms with Crippen molar-refractivity contribution in [2.75, 3.05) is 6.61 Å². The van der Waals surface area contributed by atoms with Gasteiger partial charge in [0.15, 0.2) is 5.49 Å². The zero-order valence-electron chi connectivity index (χ0n) is 21.6. The molecule has 4 rings (SSSR count). The van der Waals surface area contributed by atoms with Gasteiger partial charge in [-0.15, -0.1) is 0 Å². The maximum Gasteiger partial charge on any atom is 0.341 e. The zero-order chi connectivity index (χ0) is 27.2. The first-order valence-electron chi connectivity index (χ1n) is 12.6. The van der Waals surface area contributed by atoms with Gasteiger partial charge < -0.3 is 9.30 Å². The van der Waals surface area contributed by atoms with Gasteiger partial charge >= 0.3 is 5.97 Å². The quantitative estimate of drug-likeness (QED) is 0.136. The number of carbonyl (C=O) groups is 2. The molecule has 1 amide bonds. The van der Waals surface area contributed by atoms with Gasteiger partial charge in [0, 0.05) is 23.8 Å². The van der Waals surface area contributed by atoms with E-state index in [2.05, 4.69) is 11.9 Å². The summed E-state index contributed by atoms with van der Waals surface area (Å²) in [5, 5.41) is 0.837. The number of pyridine rings is 2. The van der Waals surface area contributed by atoms with Crippen LogP contribution in [0.15, 0.2) is 64.5 Å². The molecule has 8 nitrogen and oxygen atoms in total. The molecule has 3 aromatic heterocycles. The first kappa shape index (κ1) is 27.0. The third-order valence-electron chi connectivity index (χ3n) is 6.09. The Bertz CT molecular complexity index is 1670. The molecular formula is C29H29ClN4O4. The largest absolute Gasteiger partial charge is 0.462 e. The van der Waals surface area contributed by atoms with Crippen molar-refractivity contribution in [3.8, 4) is 0 Å². The van der Waals surface area contributed by atoms with E-state index in [1.165, 1.54) is 16.5 Å². The predicted molar refractivity (Wildman–Crippen MR) is 148 cm³/mol. The van der Waals surface area contributed by atoms with Gasteiger partial charge in [-0.3, -0.25) is 14.0 Å². The van der Waals surface area contributed by atoms with Crippen LogP contribution in [-0.2, 0) is 16.1 Å². The molecule has 9 heteroatoms. The van der Waals surface area contributed by atoms with E-state index in [0.717, 1.165) is 30.4 Å². The monoisotopic (exact) mass is 532 g/mol. The first-order chi connectivity index (χ1) is 18.3. The molecule has 0 aliphatic carbocycles. The van der Waals surface area contributed by atoms with E-state index in [9.17, 15) is 14.4 Å². The number of nitrogens with zero attached hydrogens (tertiary/aromatic N) is 4. The molecule has 3 heterocycles. The number of amides is 1. The fourth-order valence-corrected chi connectivity index (χ4v) is 4.31. The van der Waals surface area contributed by atoms with E-state index in [1.54, 1.807) is 54.1 Å². The summed E-state index contributed by atoms with van der Waals surface area (Å²) < 4.78 is 8.44. The van der Waals surface area contributed by atoms with Crippen LogP contribution in [0.1, 0.15) is 54.6 Å². The average molecular weight is 533 g/mol. The van der Waals surface area contributed by atoms with E-state index in [4.69, 9.17) is 21.3 Å². The number of hydrogen-bond acceptors (Lipinski definition) is 5. The molecule has 0 spiro atoms. The average Bonchev–Trinajstić information content (AvgIpc) is 2.90. The summed E-state index contributed by atoms with van der Waals surface area (Å²) in [4.78, 5) is 48.7. The van der Waals surface area contributed by atoms with Crippen molar-refractivity contribution < 1.29 is 14.3 Å². The van der Waals surface area contributed by atoms with E-state index < -0.39 is 11.9 Å². The summed E-state index contributed by atoms with van der Waals surface area (Å²) in [6.45, 7) is 6.19. The van der Waals surface area contributed by atoms with Crippen LogP contribution in [0.3, 0.4) is 0 Å². The Morgan fingerprint density at radius 3 is 2.58 bits per heavy atom. The summed E-state index contributed by atoms with van der Waals surface area (Å²) in [6.07, 6.45) is 7.21. The molecule has 38 heavy (non-hydrogen) atoms. The second-order valence-corrected chi connectivity index (χ2v) is 9.27. The molecule has 196 valence electrons. The molecule has 0 atom stereocenters. The molecule has 0 N–H and O–H groups in total. The number of carbonyl (C=O) groups excluding carboxylic acids is 2. The molecule has 0 saturated carbocycles. The van der Waals surface area contributed by atoms with Crippen molar-refractivity contribution in [1.29, 1.82) is 0 Å². The normalized spacial score (nSPS) is 12.1. The number of halogens is 1. The highest BCUT2D eigenvalue weighted by molar-refractivity contribution is 6.30. The van der Waals surface area contributed by atoms with Gasteiger partial charge in [-0.2, -0.15) is 4.99 Å². The van der Waals surface area contributed by atoms with Gasteiger partial charge in [0.2, 0.25) is 0 Å². The zero-order valence-corrected chi connectivity index (χ0v) is 22.4. The Kier molecular flexibility index (Phi) is 8.53. The van der Waals surface area contributed by atoms with Crippen LogP contribution in [0.25, 0.3) is 22.8 Å². The molecule has 0 fully saturated rings. The van der Waals surface area contributed by atoms with Crippen LogP contribution < -0.4 is 11.0 Å². The van der Waals surface area contributed by atoms with Gasteiger partial charge in [0.25, 0.3) is 11.5 Å². The van der Waals surface area contributed by atoms with Gasteiger partial charge in [-0.1, -0.05) is 49.6 Å². The van der Waals surface area contributed by atoms with Crippen LogP contribution in [0, 0.1) is 6.92 Å². The van der Waals surface area contributed by atoms with Crippen molar-refractivity contribution in [3.63, 3.8) is 0 Å². The molecule has 1 aromatic carbocycles. The molecule has 0 radical (unpaired) electrons. The summed E-state index contributed by atoms with van der Waals surface area (Å²) in [5.74, 6) is -1.23. The highest BCUT2D eigenvalue weighted by Gasteiger charge is 2.20. The number of esters is 1. The number of ether oxygens (including phenoxy) is 1. The lowest BCUT2D eigenvalue weighted by molar-refractivity contribution is -0.113. The fourth-order valence-electron chi connectivity index (χ4n) is 4.18. The highest BCUT2D eigenvalue weighted by Crippen LogP contribution is 2.15. The lowest BCUT2D eigenvalue weighted by atomic mass is 10.2. The third kappa shape index (κ3) is 5.75. The number of unbranched alkanes of at least 4 members (excludes halogenated alkanes) is 2. The smallest absolute Gasteiger partial charge is 0.341 e. The van der Waals surface area contributed by atoms with Crippen LogP contribution in [0.2, 0.25) is 5.02 Å². The number of benzene rings is 1. The van der Waals surface area contributed by atoms with E-state index >= 15 is 0 Å². The summed E-state index contributed by atoms with van der Waals surface area (Å²) in [5.41, 5.74) is 2.29. The summed E-state index contributed by atoms with van der Waals surface area (Å²) in [6, 6.07) is 12.1. The Morgan fingerprint density at radius 2 is 1.87 bits per heavy atom. The van der Waals surface area contributed by atoms with Crippen molar-refractivity contribution in [1.82, 2.24) is 14.0 Å². The lowest BCUT2D eigenvalue weighted by Gasteiger charge is -2.15. The summed E-state index contributed by atoms with van der Waals surface area (Å²) >= 11 is 5.94. The maximum atomic E-state index is 13.5. The SMILES string of the molecule is CCCCCn1c(=NC(=O)C=Cc2ccc(Cl)cc2)c(C(=O)OCC)cc2c(=O)n3cccc(C)c3nc21. The minimum atomic E-state index is -0.666. The number of fused-ring (bicyclic) bond motifs is 2. The van der Waals surface area contributed by atoms with E-state index in [-0.39, 0.29) is 28.6 Å². The molecule has 0 saturated heterocycles. The van der Waals surface area contributed by atoms with Gasteiger partial charge in [-0.05, 0) is 61.7 Å². The number of hydrogen-bond donors (Lipinski definition) is 0. The second-order valence-electron chi connectivity index (χ2n) is 8.83. The van der Waals surface area contributed by atoms with Gasteiger partial charge in [0.05, 0.1) is 12.0 Å². The minimum Gasteiger partial charge on any atom is -0.462 e. The Hall–Kier alpha value is -4.04. The Labute approximate surface area is 224 Å². The summed E-state index contributed by atoms with van der Waals surface area (Å²) in [7, 11) is 0. The minimum absolute atomic E-state index is 0.0376. The lowest BCUT2D eigenvalue weighted by Crippen LogP contribution is -2.32. The predicted octanol–water partition coefficient (Wildman–Crippen LogP) is 5.12. The molecule has 0 unspecified atom stereocenters. The van der Waals surface area contributed by atoms with Gasteiger partial charge in [0.1, 0.15) is 16.9 Å². The molecule has 4 aromatic rings. The Balaban J connectivity index is 2.00. The van der Waals surface area contributed by atoms with Crippen LogP contribution in [0.5, 0.6) is 0 Å². The first-order valence-corrected chi connectivity index (χ1v) is 13.0. The Morgan fingerprint density at radius 1 is 1.11 bits per heavy atom. The molecular weight excluding hydrogens is 504 g/mol. The van der Waals surface area contributed by atoms with Crippen LogP contribution in [0.4, 0.5) is 0 Å². The second kappa shape index (κ2) is 12.0. The number of aromatic nitrogens is 3. The molecule has 0 aliphatic rings. The van der Waals surface area contributed by atoms with E-state index in [0.29, 0.717) is 22.9 Å². The highest BCUT2D eigenvalue weighted by atomic mass is 35.5. The van der Waals surface area contributed by atoms with Crippen LogP contribution >= 0.6 is 11.6 Å². The van der Waals surface area contributed by atoms with E-state index in [1.807, 2.05) is 13.0 Å². The molecule has 0 aliphatic heterocycles. The number of rotatable bonds is 8. The van der Waals surface area contributed by atoms with Crippen LogP contribution in [-0.4, -0.2) is 32.4 Å². The topological polar surface area (TPSA) is 95.0 Å². The van der Waals surface area contributed by atoms with Crippen molar-refractivity contribution in [2.45, 2.75) is 46.6 Å². The number of aryl methyl sites for hydroxylation is 2. The maximum absolute atomic E-state index is 13.5.